The van der Waals surface area contributed by atoms with Crippen molar-refractivity contribution in [2.45, 2.75) is 38.6 Å². The van der Waals surface area contributed by atoms with Crippen molar-refractivity contribution in [1.82, 2.24) is 14.2 Å². The molecule has 176 valence electrons. The van der Waals surface area contributed by atoms with Gasteiger partial charge >= 0.3 is 0 Å². The van der Waals surface area contributed by atoms with E-state index >= 15 is 0 Å². The van der Waals surface area contributed by atoms with Gasteiger partial charge in [0.1, 0.15) is 0 Å². The van der Waals surface area contributed by atoms with Gasteiger partial charge in [-0.1, -0.05) is 17.4 Å². The van der Waals surface area contributed by atoms with E-state index in [-0.39, 0.29) is 16.8 Å². The smallest absolute Gasteiger partial charge is 0.253 e. The summed E-state index contributed by atoms with van der Waals surface area (Å²) in [4.78, 5) is 22.1. The highest BCUT2D eigenvalue weighted by Gasteiger charge is 2.26. The summed E-state index contributed by atoms with van der Waals surface area (Å²) >= 11 is 1.70. The zero-order valence-electron chi connectivity index (χ0n) is 19.7. The molecule has 1 saturated heterocycles. The number of anilines is 1. The summed E-state index contributed by atoms with van der Waals surface area (Å²) in [5.74, 6) is -0.0772. The van der Waals surface area contributed by atoms with E-state index in [1.807, 2.05) is 18.7 Å². The lowest BCUT2D eigenvalue weighted by Crippen LogP contribution is -2.48. The Kier molecular flexibility index (Phi) is 6.48. The zero-order valence-corrected chi connectivity index (χ0v) is 21.3. The molecule has 0 spiro atoms. The molecule has 0 saturated carbocycles. The maximum Gasteiger partial charge on any atom is 0.253 e. The molecule has 0 N–H and O–H groups in total. The Bertz CT molecular complexity index is 1280. The predicted octanol–water partition coefficient (Wildman–Crippen LogP) is 3.90. The van der Waals surface area contributed by atoms with Crippen LogP contribution in [-0.4, -0.2) is 67.8 Å². The van der Waals surface area contributed by atoms with E-state index < -0.39 is 10.0 Å². The van der Waals surface area contributed by atoms with Crippen molar-refractivity contribution in [3.05, 3.63) is 53.1 Å². The van der Waals surface area contributed by atoms with E-state index in [1.165, 1.54) is 32.3 Å². The number of piperazine rings is 1. The van der Waals surface area contributed by atoms with Gasteiger partial charge in [0.15, 0.2) is 5.13 Å². The van der Waals surface area contributed by atoms with Gasteiger partial charge in [-0.3, -0.25) is 4.79 Å². The monoisotopic (exact) mass is 486 g/mol. The predicted molar refractivity (Wildman–Crippen MR) is 134 cm³/mol. The van der Waals surface area contributed by atoms with E-state index in [0.717, 1.165) is 23.7 Å². The van der Waals surface area contributed by atoms with Crippen LogP contribution >= 0.6 is 11.3 Å². The minimum Gasteiger partial charge on any atom is -0.345 e. The van der Waals surface area contributed by atoms with Crippen LogP contribution in [0.2, 0.25) is 0 Å². The quantitative estimate of drug-likeness (QED) is 0.547. The SMILES string of the molecule is Cc1cc(C)c2sc(N3CCN(C(=O)c4ccc(S(=O)(=O)N(C)C(C)C)cc4)CC3)nc2c1. The number of hydrogen-bond donors (Lipinski definition) is 0. The van der Waals surface area contributed by atoms with Gasteiger partial charge in [-0.2, -0.15) is 4.31 Å². The average Bonchev–Trinajstić information content (AvgIpc) is 3.22. The topological polar surface area (TPSA) is 73.8 Å². The number of hydrogen-bond acceptors (Lipinski definition) is 6. The summed E-state index contributed by atoms with van der Waals surface area (Å²) in [7, 11) is -2.00. The Morgan fingerprint density at radius 3 is 2.30 bits per heavy atom. The first-order valence-corrected chi connectivity index (χ1v) is 13.3. The first kappa shape index (κ1) is 23.7. The van der Waals surface area contributed by atoms with E-state index in [4.69, 9.17) is 4.98 Å². The third kappa shape index (κ3) is 4.62. The van der Waals surface area contributed by atoms with Gasteiger partial charge < -0.3 is 9.80 Å². The van der Waals surface area contributed by atoms with Gasteiger partial charge in [0, 0.05) is 44.8 Å². The maximum absolute atomic E-state index is 13.0. The van der Waals surface area contributed by atoms with Crippen LogP contribution in [0.25, 0.3) is 10.2 Å². The Hall–Kier alpha value is -2.49. The van der Waals surface area contributed by atoms with Crippen molar-refractivity contribution < 1.29 is 13.2 Å². The number of aryl methyl sites for hydroxylation is 2. The normalized spacial score (nSPS) is 15.1. The molecule has 1 aliphatic rings. The van der Waals surface area contributed by atoms with Crippen molar-refractivity contribution in [3.8, 4) is 0 Å². The zero-order chi connectivity index (χ0) is 23.9. The molecular weight excluding hydrogens is 456 g/mol. The van der Waals surface area contributed by atoms with Crippen LogP contribution in [0.5, 0.6) is 0 Å². The first-order valence-electron chi connectivity index (χ1n) is 11.1. The minimum atomic E-state index is -3.56. The van der Waals surface area contributed by atoms with Gasteiger partial charge in [-0.15, -0.1) is 0 Å². The lowest BCUT2D eigenvalue weighted by atomic mass is 10.1. The molecule has 4 rings (SSSR count). The standard InChI is InChI=1S/C24H30N4O3S2/c1-16(2)26(5)33(30,31)20-8-6-19(7-9-20)23(29)27-10-12-28(13-11-27)24-25-21-15-17(3)14-18(4)22(21)32-24/h6-9,14-16H,10-13H2,1-5H3. The molecule has 1 aromatic heterocycles. The number of fused-ring (bicyclic) bond motifs is 1. The van der Waals surface area contributed by atoms with Crippen molar-refractivity contribution in [2.75, 3.05) is 38.1 Å². The van der Waals surface area contributed by atoms with E-state index in [1.54, 1.807) is 30.5 Å². The number of sulfonamides is 1. The lowest BCUT2D eigenvalue weighted by Gasteiger charge is -2.34. The van der Waals surface area contributed by atoms with Gasteiger partial charge in [-0.05, 0) is 69.2 Å². The second-order valence-corrected chi connectivity index (χ2v) is 11.8. The van der Waals surface area contributed by atoms with Crippen LogP contribution in [0.4, 0.5) is 5.13 Å². The molecule has 0 aliphatic carbocycles. The van der Waals surface area contributed by atoms with Crippen LogP contribution < -0.4 is 4.90 Å². The molecule has 0 bridgehead atoms. The van der Waals surface area contributed by atoms with Crippen molar-refractivity contribution in [2.24, 2.45) is 0 Å². The molecule has 0 radical (unpaired) electrons. The summed E-state index contributed by atoms with van der Waals surface area (Å²) in [6, 6.07) is 10.4. The van der Waals surface area contributed by atoms with Crippen molar-refractivity contribution in [3.63, 3.8) is 0 Å². The van der Waals surface area contributed by atoms with E-state index in [9.17, 15) is 13.2 Å². The summed E-state index contributed by atoms with van der Waals surface area (Å²) in [5.41, 5.74) is 3.99. The summed E-state index contributed by atoms with van der Waals surface area (Å²) in [6.45, 7) is 10.5. The second-order valence-electron chi connectivity index (χ2n) is 8.85. The highest BCUT2D eigenvalue weighted by molar-refractivity contribution is 7.89. The molecular formula is C24H30N4O3S2. The van der Waals surface area contributed by atoms with Gasteiger partial charge in [0.25, 0.3) is 5.91 Å². The Balaban J connectivity index is 1.43. The molecule has 7 nitrogen and oxygen atoms in total. The number of carbonyl (C=O) groups excluding carboxylic acids is 1. The van der Waals surface area contributed by atoms with Crippen LogP contribution in [0.3, 0.4) is 0 Å². The highest BCUT2D eigenvalue weighted by atomic mass is 32.2. The fourth-order valence-electron chi connectivity index (χ4n) is 4.00. The molecule has 1 amide bonds. The molecule has 2 aromatic carbocycles. The average molecular weight is 487 g/mol. The molecule has 0 unspecified atom stereocenters. The van der Waals surface area contributed by atoms with Crippen LogP contribution in [0.1, 0.15) is 35.3 Å². The Morgan fingerprint density at radius 2 is 1.70 bits per heavy atom. The van der Waals surface area contributed by atoms with Gasteiger partial charge in [-0.25, -0.2) is 13.4 Å². The Labute approximate surface area is 199 Å². The highest BCUT2D eigenvalue weighted by Crippen LogP contribution is 2.32. The molecule has 3 aromatic rings. The maximum atomic E-state index is 13.0. The van der Waals surface area contributed by atoms with Crippen LogP contribution in [-0.2, 0) is 10.0 Å². The number of rotatable bonds is 5. The van der Waals surface area contributed by atoms with Crippen LogP contribution in [0, 0.1) is 13.8 Å². The van der Waals surface area contributed by atoms with Crippen molar-refractivity contribution in [1.29, 1.82) is 0 Å². The minimum absolute atomic E-state index is 0.0772. The summed E-state index contributed by atoms with van der Waals surface area (Å²) < 4.78 is 27.8. The molecule has 9 heteroatoms. The third-order valence-corrected chi connectivity index (χ3v) is 9.47. The molecule has 0 atom stereocenters. The fourth-order valence-corrected chi connectivity index (χ4v) is 6.43. The Morgan fingerprint density at radius 1 is 1.06 bits per heavy atom. The number of nitrogens with zero attached hydrogens (tertiary/aromatic N) is 4. The molecule has 1 fully saturated rings. The summed E-state index contributed by atoms with van der Waals surface area (Å²) in [6.07, 6.45) is 0. The molecule has 1 aliphatic heterocycles. The fraction of sp³-hybridized carbons (Fsp3) is 0.417. The number of aromatic nitrogens is 1. The van der Waals surface area contributed by atoms with Crippen LogP contribution in [0.15, 0.2) is 41.3 Å². The number of thiazole rings is 1. The molecule has 2 heterocycles. The number of benzene rings is 2. The summed E-state index contributed by atoms with van der Waals surface area (Å²) in [5, 5.41) is 0.995. The lowest BCUT2D eigenvalue weighted by molar-refractivity contribution is 0.0746. The van der Waals surface area contributed by atoms with Gasteiger partial charge in [0.05, 0.1) is 15.1 Å². The second kappa shape index (κ2) is 9.04. The molecule has 33 heavy (non-hydrogen) atoms. The van der Waals surface area contributed by atoms with E-state index in [2.05, 4.69) is 30.9 Å². The number of carbonyl (C=O) groups is 1. The first-order chi connectivity index (χ1) is 15.6. The van der Waals surface area contributed by atoms with Gasteiger partial charge in [0.2, 0.25) is 10.0 Å². The number of amides is 1. The largest absolute Gasteiger partial charge is 0.345 e. The van der Waals surface area contributed by atoms with Crippen molar-refractivity contribution >= 4 is 42.6 Å². The third-order valence-electron chi connectivity index (χ3n) is 6.15. The van der Waals surface area contributed by atoms with E-state index in [0.29, 0.717) is 18.7 Å².